The number of hydrogen-bond acceptors (Lipinski definition) is 2. The van der Waals surface area contributed by atoms with Crippen LogP contribution in [-0.2, 0) is 11.2 Å². The second kappa shape index (κ2) is 15.6. The number of ether oxygens (including phenoxy) is 2. The van der Waals surface area contributed by atoms with Crippen molar-refractivity contribution >= 4 is 0 Å². The summed E-state index contributed by atoms with van der Waals surface area (Å²) in [5, 5.41) is 0. The van der Waals surface area contributed by atoms with Gasteiger partial charge in [-0.2, -0.15) is 0 Å². The fourth-order valence-corrected chi connectivity index (χ4v) is 3.58. The number of hydrogen-bond donors (Lipinski definition) is 0. The Hall–Kier alpha value is -1.28. The van der Waals surface area contributed by atoms with E-state index in [1.54, 1.807) is 0 Å². The van der Waals surface area contributed by atoms with Crippen LogP contribution in [0.15, 0.2) is 36.4 Å². The van der Waals surface area contributed by atoms with Crippen molar-refractivity contribution in [2.24, 2.45) is 0 Å². The van der Waals surface area contributed by atoms with Gasteiger partial charge in [0.2, 0.25) is 0 Å². The summed E-state index contributed by atoms with van der Waals surface area (Å²) in [6, 6.07) is 8.45. The fourth-order valence-electron chi connectivity index (χ4n) is 3.58. The summed E-state index contributed by atoms with van der Waals surface area (Å²) in [5.41, 5.74) is 1.34. The zero-order valence-corrected chi connectivity index (χ0v) is 18.2. The Morgan fingerprint density at radius 3 is 2.14 bits per heavy atom. The molecular formula is C26H42O2. The molecule has 1 saturated heterocycles. The first-order valence-corrected chi connectivity index (χ1v) is 11.9. The smallest absolute Gasteiger partial charge is 0.122 e. The van der Waals surface area contributed by atoms with Crippen LogP contribution in [0.5, 0.6) is 5.75 Å². The molecule has 1 atom stereocenters. The molecular weight excluding hydrogens is 344 g/mol. The first kappa shape index (κ1) is 23.0. The van der Waals surface area contributed by atoms with Crippen molar-refractivity contribution in [1.29, 1.82) is 0 Å². The van der Waals surface area contributed by atoms with Gasteiger partial charge in [-0.1, -0.05) is 88.6 Å². The molecule has 2 rings (SSSR count). The molecule has 0 radical (unpaired) electrons. The van der Waals surface area contributed by atoms with Gasteiger partial charge in [-0.15, -0.1) is 0 Å². The highest BCUT2D eigenvalue weighted by atomic mass is 16.6. The van der Waals surface area contributed by atoms with E-state index in [2.05, 4.69) is 43.3 Å². The van der Waals surface area contributed by atoms with E-state index in [0.717, 1.165) is 18.8 Å². The Bertz CT molecular complexity index is 519. The topological polar surface area (TPSA) is 21.8 Å². The molecule has 1 aromatic rings. The van der Waals surface area contributed by atoms with Crippen molar-refractivity contribution in [2.45, 2.75) is 103 Å². The SMILES string of the molecule is CCCCCCCCCCC/C=C/CCCCc1ccccc1OCC1CO1. The predicted molar refractivity (Wildman–Crippen MR) is 120 cm³/mol. The van der Waals surface area contributed by atoms with Crippen molar-refractivity contribution in [2.75, 3.05) is 13.2 Å². The van der Waals surface area contributed by atoms with E-state index in [4.69, 9.17) is 9.47 Å². The van der Waals surface area contributed by atoms with E-state index in [1.165, 1.54) is 89.0 Å². The molecule has 1 heterocycles. The van der Waals surface area contributed by atoms with Crippen LogP contribution in [0.4, 0.5) is 0 Å². The third-order valence-electron chi connectivity index (χ3n) is 5.51. The third-order valence-corrected chi connectivity index (χ3v) is 5.51. The summed E-state index contributed by atoms with van der Waals surface area (Å²) in [7, 11) is 0. The standard InChI is InChI=1S/C26H42O2/c1-2-3-4-5-6-7-8-9-10-11-12-13-14-15-16-19-24-20-17-18-21-26(24)28-23-25-22-27-25/h12-13,17-18,20-21,25H,2-11,14-16,19,22-23H2,1H3/b13-12+. The molecule has 0 aromatic heterocycles. The molecule has 28 heavy (non-hydrogen) atoms. The zero-order chi connectivity index (χ0) is 19.7. The van der Waals surface area contributed by atoms with Crippen LogP contribution in [-0.4, -0.2) is 19.3 Å². The Morgan fingerprint density at radius 2 is 1.46 bits per heavy atom. The number of para-hydroxylation sites is 1. The van der Waals surface area contributed by atoms with E-state index >= 15 is 0 Å². The lowest BCUT2D eigenvalue weighted by molar-refractivity contribution is 0.261. The molecule has 2 nitrogen and oxygen atoms in total. The van der Waals surface area contributed by atoms with Crippen LogP contribution in [0.25, 0.3) is 0 Å². The van der Waals surface area contributed by atoms with Crippen molar-refractivity contribution in [3.8, 4) is 5.75 Å². The monoisotopic (exact) mass is 386 g/mol. The van der Waals surface area contributed by atoms with Crippen molar-refractivity contribution in [3.05, 3.63) is 42.0 Å². The van der Waals surface area contributed by atoms with Gasteiger partial charge in [-0.05, 0) is 50.2 Å². The van der Waals surface area contributed by atoms with E-state index in [9.17, 15) is 0 Å². The molecule has 1 aliphatic heterocycles. The highest BCUT2D eigenvalue weighted by molar-refractivity contribution is 5.33. The van der Waals surface area contributed by atoms with E-state index in [-0.39, 0.29) is 0 Å². The molecule has 1 unspecified atom stereocenters. The van der Waals surface area contributed by atoms with Gasteiger partial charge in [-0.25, -0.2) is 0 Å². The molecule has 0 aliphatic carbocycles. The Kier molecular flexibility index (Phi) is 12.8. The molecule has 1 aliphatic rings. The molecule has 1 aromatic carbocycles. The van der Waals surface area contributed by atoms with E-state index in [0.29, 0.717) is 12.7 Å². The largest absolute Gasteiger partial charge is 0.491 e. The van der Waals surface area contributed by atoms with Crippen LogP contribution in [0, 0.1) is 0 Å². The predicted octanol–water partition coefficient (Wildman–Crippen LogP) is 7.65. The summed E-state index contributed by atoms with van der Waals surface area (Å²) in [6.07, 6.45) is 23.9. The highest BCUT2D eigenvalue weighted by Crippen LogP contribution is 2.22. The first-order valence-electron chi connectivity index (χ1n) is 11.9. The molecule has 0 bridgehead atoms. The molecule has 2 heteroatoms. The van der Waals surface area contributed by atoms with Gasteiger partial charge in [0.25, 0.3) is 0 Å². The van der Waals surface area contributed by atoms with Gasteiger partial charge < -0.3 is 9.47 Å². The molecule has 1 fully saturated rings. The maximum absolute atomic E-state index is 5.90. The van der Waals surface area contributed by atoms with Gasteiger partial charge >= 0.3 is 0 Å². The first-order chi connectivity index (χ1) is 13.9. The number of aryl methyl sites for hydroxylation is 1. The maximum Gasteiger partial charge on any atom is 0.122 e. The quantitative estimate of drug-likeness (QED) is 0.147. The zero-order valence-electron chi connectivity index (χ0n) is 18.2. The fraction of sp³-hybridized carbons (Fsp3) is 0.692. The lowest BCUT2D eigenvalue weighted by Gasteiger charge is -2.10. The maximum atomic E-state index is 5.90. The Morgan fingerprint density at radius 1 is 0.857 bits per heavy atom. The highest BCUT2D eigenvalue weighted by Gasteiger charge is 2.23. The summed E-state index contributed by atoms with van der Waals surface area (Å²) in [6.45, 7) is 3.83. The minimum Gasteiger partial charge on any atom is -0.491 e. The number of unbranched alkanes of at least 4 members (excludes halogenated alkanes) is 11. The summed E-state index contributed by atoms with van der Waals surface area (Å²) in [4.78, 5) is 0. The average Bonchev–Trinajstić information content (AvgIpc) is 3.54. The van der Waals surface area contributed by atoms with Crippen molar-refractivity contribution in [3.63, 3.8) is 0 Å². The molecule has 0 spiro atoms. The summed E-state index contributed by atoms with van der Waals surface area (Å²) >= 11 is 0. The lowest BCUT2D eigenvalue weighted by Crippen LogP contribution is -2.05. The van der Waals surface area contributed by atoms with Gasteiger partial charge in [0.15, 0.2) is 0 Å². The Labute approximate surface area is 173 Å². The molecule has 0 N–H and O–H groups in total. The van der Waals surface area contributed by atoms with Crippen LogP contribution in [0.2, 0.25) is 0 Å². The van der Waals surface area contributed by atoms with E-state index in [1.807, 2.05) is 0 Å². The summed E-state index contributed by atoms with van der Waals surface area (Å²) in [5.74, 6) is 1.04. The second-order valence-electron chi connectivity index (χ2n) is 8.21. The van der Waals surface area contributed by atoms with Gasteiger partial charge in [0.1, 0.15) is 18.5 Å². The number of benzene rings is 1. The normalized spacial score (nSPS) is 16.0. The van der Waals surface area contributed by atoms with E-state index < -0.39 is 0 Å². The Balaban J connectivity index is 1.41. The van der Waals surface area contributed by atoms with Gasteiger partial charge in [-0.3, -0.25) is 0 Å². The molecule has 158 valence electrons. The minimum atomic E-state index is 0.323. The van der Waals surface area contributed by atoms with Gasteiger partial charge in [0, 0.05) is 0 Å². The van der Waals surface area contributed by atoms with Crippen molar-refractivity contribution in [1.82, 2.24) is 0 Å². The molecule has 0 saturated carbocycles. The number of allylic oxidation sites excluding steroid dienone is 2. The third kappa shape index (κ3) is 11.5. The minimum absolute atomic E-state index is 0.323. The average molecular weight is 387 g/mol. The molecule has 0 amide bonds. The van der Waals surface area contributed by atoms with Crippen LogP contribution in [0.1, 0.15) is 96.0 Å². The van der Waals surface area contributed by atoms with Crippen molar-refractivity contribution < 1.29 is 9.47 Å². The van der Waals surface area contributed by atoms with Crippen LogP contribution < -0.4 is 4.74 Å². The van der Waals surface area contributed by atoms with Crippen LogP contribution in [0.3, 0.4) is 0 Å². The number of rotatable bonds is 18. The number of epoxide rings is 1. The lowest BCUT2D eigenvalue weighted by atomic mass is 10.1. The second-order valence-corrected chi connectivity index (χ2v) is 8.21. The van der Waals surface area contributed by atoms with Gasteiger partial charge in [0.05, 0.1) is 6.61 Å². The van der Waals surface area contributed by atoms with Crippen LogP contribution >= 0.6 is 0 Å². The summed E-state index contributed by atoms with van der Waals surface area (Å²) < 4.78 is 11.1.